The van der Waals surface area contributed by atoms with Crippen molar-refractivity contribution in [3.63, 3.8) is 0 Å². The van der Waals surface area contributed by atoms with Gasteiger partial charge in [-0.25, -0.2) is 18.7 Å². The molecule has 0 radical (unpaired) electrons. The van der Waals surface area contributed by atoms with E-state index in [4.69, 9.17) is 4.98 Å². The molecular formula is C31H33FN6O3. The molecule has 0 bridgehead atoms. The lowest BCUT2D eigenvalue weighted by molar-refractivity contribution is -0.126. The highest BCUT2D eigenvalue weighted by Crippen LogP contribution is 2.36. The molecule has 0 aliphatic carbocycles. The molecule has 0 spiro atoms. The second-order valence-electron chi connectivity index (χ2n) is 10.4. The maximum absolute atomic E-state index is 16.0. The molecule has 41 heavy (non-hydrogen) atoms. The van der Waals surface area contributed by atoms with Gasteiger partial charge in [0, 0.05) is 37.4 Å². The van der Waals surface area contributed by atoms with Crippen LogP contribution in [0.4, 0.5) is 10.2 Å². The van der Waals surface area contributed by atoms with E-state index in [2.05, 4.69) is 16.5 Å². The Balaban J connectivity index is 1.82. The van der Waals surface area contributed by atoms with Crippen LogP contribution in [-0.4, -0.2) is 61.1 Å². The predicted octanol–water partition coefficient (Wildman–Crippen LogP) is 4.48. The van der Waals surface area contributed by atoms with Crippen LogP contribution in [0.2, 0.25) is 0 Å². The molecule has 1 aliphatic rings. The number of phenolic OH excluding ortho intramolecular Hbond substituents is 1. The fraction of sp³-hybridized carbons (Fsp3) is 0.323. The number of hydrogen-bond acceptors (Lipinski definition) is 7. The van der Waals surface area contributed by atoms with Gasteiger partial charge >= 0.3 is 5.69 Å². The number of nitrogens with zero attached hydrogens (tertiary/aromatic N) is 6. The molecule has 1 aliphatic heterocycles. The number of benzene rings is 1. The van der Waals surface area contributed by atoms with Gasteiger partial charge in [-0.1, -0.05) is 32.1 Å². The number of carbonyl (C=O) groups excluding carboxylic acids is 1. The average molecular weight is 557 g/mol. The first-order valence-corrected chi connectivity index (χ1v) is 13.7. The third kappa shape index (κ3) is 4.94. The Morgan fingerprint density at radius 3 is 2.66 bits per heavy atom. The van der Waals surface area contributed by atoms with Crippen molar-refractivity contribution < 1.29 is 14.3 Å². The van der Waals surface area contributed by atoms with Crippen molar-refractivity contribution in [2.75, 3.05) is 24.5 Å². The van der Waals surface area contributed by atoms with E-state index >= 15 is 4.39 Å². The molecule has 1 atom stereocenters. The van der Waals surface area contributed by atoms with Crippen LogP contribution in [0.15, 0.2) is 54.0 Å². The number of aromatic nitrogens is 4. The molecule has 1 N–H and O–H groups in total. The second kappa shape index (κ2) is 11.1. The number of aryl methyl sites for hydroxylation is 3. The van der Waals surface area contributed by atoms with Crippen molar-refractivity contribution in [3.05, 3.63) is 82.3 Å². The third-order valence-corrected chi connectivity index (χ3v) is 7.59. The van der Waals surface area contributed by atoms with Crippen molar-refractivity contribution in [1.29, 1.82) is 0 Å². The number of anilines is 1. The molecule has 4 heterocycles. The monoisotopic (exact) mass is 556 g/mol. The molecule has 5 rings (SSSR count). The normalized spacial score (nSPS) is 15.4. The van der Waals surface area contributed by atoms with Crippen LogP contribution in [0.1, 0.15) is 37.1 Å². The minimum atomic E-state index is -0.653. The maximum atomic E-state index is 16.0. The zero-order chi connectivity index (χ0) is 29.4. The van der Waals surface area contributed by atoms with E-state index in [1.54, 1.807) is 30.2 Å². The van der Waals surface area contributed by atoms with Crippen LogP contribution >= 0.6 is 0 Å². The molecular weight excluding hydrogens is 523 g/mol. The van der Waals surface area contributed by atoms with Gasteiger partial charge in [0.05, 0.1) is 16.8 Å². The van der Waals surface area contributed by atoms with Gasteiger partial charge in [0.1, 0.15) is 17.3 Å². The third-order valence-electron chi connectivity index (χ3n) is 7.59. The van der Waals surface area contributed by atoms with Crippen molar-refractivity contribution in [1.82, 2.24) is 24.4 Å². The fourth-order valence-electron chi connectivity index (χ4n) is 5.60. The van der Waals surface area contributed by atoms with E-state index in [1.165, 1.54) is 22.8 Å². The highest BCUT2D eigenvalue weighted by molar-refractivity contribution is 5.91. The molecule has 0 saturated carbocycles. The van der Waals surface area contributed by atoms with Crippen molar-refractivity contribution in [2.24, 2.45) is 0 Å². The van der Waals surface area contributed by atoms with Gasteiger partial charge in [-0.2, -0.15) is 4.98 Å². The summed E-state index contributed by atoms with van der Waals surface area (Å²) in [5.41, 5.74) is 2.55. The van der Waals surface area contributed by atoms with E-state index in [-0.39, 0.29) is 34.6 Å². The van der Waals surface area contributed by atoms with E-state index in [1.807, 2.05) is 31.7 Å². The average Bonchev–Trinajstić information content (AvgIpc) is 2.94. The van der Waals surface area contributed by atoms with Crippen LogP contribution in [-0.2, 0) is 11.2 Å². The number of halogens is 1. The number of hydrogen-bond donors (Lipinski definition) is 1. The number of piperazine rings is 1. The summed E-state index contributed by atoms with van der Waals surface area (Å²) in [4.78, 5) is 43.6. The molecule has 4 aromatic rings. The Morgan fingerprint density at radius 1 is 1.20 bits per heavy atom. The first-order chi connectivity index (χ1) is 19.7. The zero-order valence-corrected chi connectivity index (χ0v) is 23.7. The minimum absolute atomic E-state index is 0.0635. The summed E-state index contributed by atoms with van der Waals surface area (Å²) in [7, 11) is 0. The summed E-state index contributed by atoms with van der Waals surface area (Å²) in [6, 6.07) is 7.87. The predicted molar refractivity (Wildman–Crippen MR) is 157 cm³/mol. The van der Waals surface area contributed by atoms with Crippen molar-refractivity contribution >= 4 is 22.8 Å². The summed E-state index contributed by atoms with van der Waals surface area (Å²) < 4.78 is 17.4. The Kier molecular flexibility index (Phi) is 7.57. The van der Waals surface area contributed by atoms with Crippen LogP contribution in [0.25, 0.3) is 28.0 Å². The van der Waals surface area contributed by atoms with Crippen LogP contribution in [0.3, 0.4) is 0 Å². The minimum Gasteiger partial charge on any atom is -0.507 e. The standard InChI is InChI=1S/C31H33FN6O3/c1-6-9-23-28(19(4)12-13-33-23)38-30-21(16-22(32)27(34-30)26-18(3)10-8-11-24(26)39)29(35-31(38)41)37-15-14-36(17-20(37)5)25(40)7-2/h7-8,10-13,16,20,39H,2,6,9,14-15,17H2,1,3-5H3/t20-/m0/s1. The van der Waals surface area contributed by atoms with E-state index in [9.17, 15) is 14.7 Å². The van der Waals surface area contributed by atoms with Crippen LogP contribution < -0.4 is 10.6 Å². The Morgan fingerprint density at radius 2 is 1.98 bits per heavy atom. The Hall–Kier alpha value is -4.60. The first kappa shape index (κ1) is 27.9. The SMILES string of the molecule is C=CC(=O)N1CCN(c2nc(=O)n(-c3c(C)ccnc3CCC)c3nc(-c4c(C)cccc4O)c(F)cc23)[C@@H](C)C1. The number of aromatic hydroxyl groups is 1. The van der Waals surface area contributed by atoms with Crippen molar-refractivity contribution in [2.45, 2.75) is 46.6 Å². The molecule has 1 saturated heterocycles. The van der Waals surface area contributed by atoms with Gasteiger partial charge < -0.3 is 14.9 Å². The number of carbonyl (C=O) groups is 1. The molecule has 1 amide bonds. The van der Waals surface area contributed by atoms with E-state index in [0.29, 0.717) is 54.2 Å². The lowest BCUT2D eigenvalue weighted by Gasteiger charge is -2.40. The number of fused-ring (bicyclic) bond motifs is 1. The van der Waals surface area contributed by atoms with Crippen molar-refractivity contribution in [3.8, 4) is 22.7 Å². The molecule has 9 nitrogen and oxygen atoms in total. The van der Waals surface area contributed by atoms with Gasteiger partial charge in [0.2, 0.25) is 5.91 Å². The Labute approximate surface area is 237 Å². The van der Waals surface area contributed by atoms with Gasteiger partial charge in [-0.3, -0.25) is 9.78 Å². The topological polar surface area (TPSA) is 104 Å². The van der Waals surface area contributed by atoms with Gasteiger partial charge in [0.25, 0.3) is 0 Å². The lowest BCUT2D eigenvalue weighted by Crippen LogP contribution is -2.54. The van der Waals surface area contributed by atoms with Gasteiger partial charge in [-0.15, -0.1) is 0 Å². The zero-order valence-electron chi connectivity index (χ0n) is 23.7. The summed E-state index contributed by atoms with van der Waals surface area (Å²) in [5, 5.41) is 11.0. The fourth-order valence-corrected chi connectivity index (χ4v) is 5.60. The van der Waals surface area contributed by atoms with Gasteiger partial charge in [0.15, 0.2) is 11.5 Å². The smallest absolute Gasteiger partial charge is 0.355 e. The number of amides is 1. The highest BCUT2D eigenvalue weighted by Gasteiger charge is 2.30. The summed E-state index contributed by atoms with van der Waals surface area (Å²) in [5.74, 6) is -0.638. The summed E-state index contributed by atoms with van der Waals surface area (Å²) >= 11 is 0. The largest absolute Gasteiger partial charge is 0.507 e. The number of rotatable bonds is 6. The maximum Gasteiger partial charge on any atom is 0.355 e. The first-order valence-electron chi connectivity index (χ1n) is 13.7. The number of pyridine rings is 2. The second-order valence-corrected chi connectivity index (χ2v) is 10.4. The molecule has 1 fully saturated rings. The molecule has 10 heteroatoms. The lowest BCUT2D eigenvalue weighted by atomic mass is 10.0. The van der Waals surface area contributed by atoms with E-state index < -0.39 is 11.5 Å². The van der Waals surface area contributed by atoms with Gasteiger partial charge in [-0.05, 0) is 62.6 Å². The van der Waals surface area contributed by atoms with Crippen LogP contribution in [0.5, 0.6) is 5.75 Å². The molecule has 3 aromatic heterocycles. The van der Waals surface area contributed by atoms with Crippen LogP contribution in [0, 0.1) is 19.7 Å². The van der Waals surface area contributed by atoms with E-state index in [0.717, 1.165) is 12.0 Å². The molecule has 212 valence electrons. The molecule has 1 aromatic carbocycles. The quantitative estimate of drug-likeness (QED) is 0.349. The summed E-state index contributed by atoms with van der Waals surface area (Å²) in [6.07, 6.45) is 4.41. The number of phenols is 1. The summed E-state index contributed by atoms with van der Waals surface area (Å²) in [6.45, 7) is 12.4. The molecule has 0 unspecified atom stereocenters. The highest BCUT2D eigenvalue weighted by atomic mass is 19.1. The Bertz CT molecular complexity index is 1710.